The molecule has 1 aromatic rings. The number of phenolic OH excluding ortho intramolecular Hbond substituents is 1. The number of rotatable bonds is 1. The summed E-state index contributed by atoms with van der Waals surface area (Å²) in [4.78, 5) is 4.11. The highest BCUT2D eigenvalue weighted by Gasteiger charge is 2.27. The van der Waals surface area contributed by atoms with Crippen molar-refractivity contribution >= 4 is 35.0 Å². The minimum absolute atomic E-state index is 0. The predicted molar refractivity (Wildman–Crippen MR) is 108 cm³/mol. The van der Waals surface area contributed by atoms with Crippen LogP contribution in [0, 0.1) is 0 Å². The Morgan fingerprint density at radius 3 is 2.17 bits per heavy atom. The fourth-order valence-corrected chi connectivity index (χ4v) is 3.16. The fraction of sp³-hybridized carbons (Fsp3) is 0.556. The zero-order valence-electron chi connectivity index (χ0n) is 15.5. The number of halogens is 1. The minimum Gasteiger partial charge on any atom is -0.507 e. The van der Waals surface area contributed by atoms with Crippen LogP contribution in [-0.4, -0.2) is 28.8 Å². The van der Waals surface area contributed by atoms with E-state index in [1.54, 1.807) is 18.8 Å². The molecule has 2 N–H and O–H groups in total. The Hall–Kier alpha value is -1.20. The Morgan fingerprint density at radius 1 is 1.12 bits per heavy atom. The molecule has 2 rings (SSSR count). The SMILES string of the molecule is CN=C1NN=C(c2cc(C(C)(C)C)cc(C(C)(C)C)c2O)CS1.Cl. The van der Waals surface area contributed by atoms with Gasteiger partial charge in [-0.2, -0.15) is 5.10 Å². The normalized spacial score (nSPS) is 17.1. The van der Waals surface area contributed by atoms with Gasteiger partial charge in [0.15, 0.2) is 5.17 Å². The third-order valence-electron chi connectivity index (χ3n) is 3.93. The van der Waals surface area contributed by atoms with Gasteiger partial charge in [-0.15, -0.1) is 12.4 Å². The molecule has 0 saturated heterocycles. The van der Waals surface area contributed by atoms with Crippen LogP contribution in [0.15, 0.2) is 22.2 Å². The summed E-state index contributed by atoms with van der Waals surface area (Å²) in [7, 11) is 1.74. The lowest BCUT2D eigenvalue weighted by atomic mass is 9.78. The number of aromatic hydroxyl groups is 1. The van der Waals surface area contributed by atoms with E-state index in [4.69, 9.17) is 0 Å². The number of hydrazone groups is 1. The number of nitrogens with one attached hydrogen (secondary N) is 1. The largest absolute Gasteiger partial charge is 0.507 e. The molecule has 1 heterocycles. The number of hydrogen-bond donors (Lipinski definition) is 2. The van der Waals surface area contributed by atoms with Gasteiger partial charge in [0, 0.05) is 23.9 Å². The van der Waals surface area contributed by atoms with Crippen molar-refractivity contribution in [1.82, 2.24) is 5.43 Å². The second-order valence-electron chi connectivity index (χ2n) is 7.91. The van der Waals surface area contributed by atoms with Crippen LogP contribution >= 0.6 is 24.2 Å². The maximum Gasteiger partial charge on any atom is 0.177 e. The van der Waals surface area contributed by atoms with Crippen molar-refractivity contribution in [2.75, 3.05) is 12.8 Å². The summed E-state index contributed by atoms with van der Waals surface area (Å²) < 4.78 is 0. The molecule has 0 atom stereocenters. The maximum atomic E-state index is 10.8. The van der Waals surface area contributed by atoms with Crippen molar-refractivity contribution in [2.45, 2.75) is 52.4 Å². The average Bonchev–Trinajstić information content (AvgIpc) is 2.45. The first-order valence-electron chi connectivity index (χ1n) is 7.84. The van der Waals surface area contributed by atoms with Gasteiger partial charge >= 0.3 is 0 Å². The van der Waals surface area contributed by atoms with Crippen LogP contribution in [0.2, 0.25) is 0 Å². The Bertz CT molecular complexity index is 670. The molecule has 1 aliphatic rings. The van der Waals surface area contributed by atoms with Gasteiger partial charge in [0.25, 0.3) is 0 Å². The first kappa shape index (κ1) is 20.8. The van der Waals surface area contributed by atoms with Crippen molar-refractivity contribution in [3.8, 4) is 5.75 Å². The third-order valence-corrected chi connectivity index (χ3v) is 4.90. The Morgan fingerprint density at radius 2 is 1.75 bits per heavy atom. The molecule has 1 aliphatic heterocycles. The van der Waals surface area contributed by atoms with E-state index in [1.165, 1.54) is 5.56 Å². The monoisotopic (exact) mass is 369 g/mol. The molecular formula is C18H28ClN3OS. The Balaban J connectivity index is 0.00000288. The molecule has 134 valence electrons. The van der Waals surface area contributed by atoms with Gasteiger partial charge in [0.05, 0.1) is 5.71 Å². The molecule has 0 amide bonds. The average molecular weight is 370 g/mol. The quantitative estimate of drug-likeness (QED) is 0.769. The van der Waals surface area contributed by atoms with E-state index in [9.17, 15) is 5.11 Å². The summed E-state index contributed by atoms with van der Waals surface area (Å²) in [6, 6.07) is 4.20. The number of aliphatic imine (C=N–C) groups is 1. The van der Waals surface area contributed by atoms with Crippen LogP contribution in [-0.2, 0) is 10.8 Å². The number of amidine groups is 1. The highest BCUT2D eigenvalue weighted by Crippen LogP contribution is 2.38. The molecule has 6 heteroatoms. The van der Waals surface area contributed by atoms with Gasteiger partial charge in [-0.05, 0) is 22.5 Å². The van der Waals surface area contributed by atoms with Gasteiger partial charge in [-0.3, -0.25) is 10.4 Å². The Kier molecular flexibility index (Phi) is 6.39. The third kappa shape index (κ3) is 4.45. The van der Waals surface area contributed by atoms with E-state index < -0.39 is 0 Å². The number of phenols is 1. The maximum absolute atomic E-state index is 10.8. The van der Waals surface area contributed by atoms with Gasteiger partial charge in [-0.1, -0.05) is 59.4 Å². The van der Waals surface area contributed by atoms with Crippen LogP contribution in [0.5, 0.6) is 5.75 Å². The smallest absolute Gasteiger partial charge is 0.177 e. The van der Waals surface area contributed by atoms with E-state index in [2.05, 4.69) is 69.2 Å². The number of hydrogen-bond acceptors (Lipinski definition) is 4. The second kappa shape index (κ2) is 7.36. The number of nitrogens with zero attached hydrogens (tertiary/aromatic N) is 2. The number of thioether (sulfide) groups is 1. The zero-order valence-corrected chi connectivity index (χ0v) is 17.2. The fourth-order valence-electron chi connectivity index (χ4n) is 2.43. The number of benzene rings is 1. The topological polar surface area (TPSA) is 57.0 Å². The molecule has 1 aromatic carbocycles. The highest BCUT2D eigenvalue weighted by molar-refractivity contribution is 8.14. The summed E-state index contributed by atoms with van der Waals surface area (Å²) in [6.45, 7) is 12.9. The van der Waals surface area contributed by atoms with Gasteiger partial charge in [-0.25, -0.2) is 0 Å². The van der Waals surface area contributed by atoms with Gasteiger partial charge in [0.1, 0.15) is 5.75 Å². The standard InChI is InChI=1S/C18H27N3OS.ClH/c1-17(2,3)11-8-12(14-10-23-16(19-7)21-20-14)15(22)13(9-11)18(4,5)6;/h8-9,22H,10H2,1-7H3,(H,19,21);1H. The molecule has 4 nitrogen and oxygen atoms in total. The summed E-state index contributed by atoms with van der Waals surface area (Å²) in [5.41, 5.74) is 6.67. The highest BCUT2D eigenvalue weighted by atomic mass is 35.5. The van der Waals surface area contributed by atoms with Crippen LogP contribution < -0.4 is 5.43 Å². The van der Waals surface area contributed by atoms with E-state index in [0.29, 0.717) is 11.5 Å². The molecule has 0 unspecified atom stereocenters. The first-order valence-corrected chi connectivity index (χ1v) is 8.83. The van der Waals surface area contributed by atoms with Crippen LogP contribution in [0.3, 0.4) is 0 Å². The van der Waals surface area contributed by atoms with Crippen LogP contribution in [0.4, 0.5) is 0 Å². The van der Waals surface area contributed by atoms with E-state index in [0.717, 1.165) is 22.0 Å². The molecule has 0 radical (unpaired) electrons. The summed E-state index contributed by atoms with van der Waals surface area (Å²) in [5, 5.41) is 16.1. The van der Waals surface area contributed by atoms with Crippen LogP contribution in [0.25, 0.3) is 0 Å². The molecule has 0 aliphatic carbocycles. The van der Waals surface area contributed by atoms with Crippen molar-refractivity contribution < 1.29 is 5.11 Å². The van der Waals surface area contributed by atoms with E-state index in [1.807, 2.05) is 0 Å². The zero-order chi connectivity index (χ0) is 17.4. The molecule has 0 spiro atoms. The Labute approximate surface area is 155 Å². The van der Waals surface area contributed by atoms with E-state index in [-0.39, 0.29) is 23.2 Å². The van der Waals surface area contributed by atoms with Crippen molar-refractivity contribution in [2.24, 2.45) is 10.1 Å². The molecular weight excluding hydrogens is 342 g/mol. The molecule has 0 bridgehead atoms. The minimum atomic E-state index is -0.133. The second-order valence-corrected chi connectivity index (χ2v) is 8.87. The molecule has 24 heavy (non-hydrogen) atoms. The van der Waals surface area contributed by atoms with E-state index >= 15 is 0 Å². The van der Waals surface area contributed by atoms with Crippen LogP contribution in [0.1, 0.15) is 58.2 Å². The van der Waals surface area contributed by atoms with Crippen molar-refractivity contribution in [1.29, 1.82) is 0 Å². The van der Waals surface area contributed by atoms with Crippen molar-refractivity contribution in [3.63, 3.8) is 0 Å². The summed E-state index contributed by atoms with van der Waals surface area (Å²) in [5.74, 6) is 1.04. The summed E-state index contributed by atoms with van der Waals surface area (Å²) >= 11 is 1.60. The lowest BCUT2D eigenvalue weighted by Crippen LogP contribution is -2.26. The van der Waals surface area contributed by atoms with Gasteiger partial charge in [0.2, 0.25) is 0 Å². The van der Waals surface area contributed by atoms with Gasteiger partial charge < -0.3 is 5.11 Å². The lowest BCUT2D eigenvalue weighted by molar-refractivity contribution is 0.443. The molecule has 0 aromatic heterocycles. The van der Waals surface area contributed by atoms with Crippen molar-refractivity contribution in [3.05, 3.63) is 28.8 Å². The molecule has 0 fully saturated rings. The summed E-state index contributed by atoms with van der Waals surface area (Å²) in [6.07, 6.45) is 0. The predicted octanol–water partition coefficient (Wildman–Crippen LogP) is 4.44. The first-order chi connectivity index (χ1) is 10.5. The molecule has 0 saturated carbocycles. The lowest BCUT2D eigenvalue weighted by Gasteiger charge is -2.28.